The van der Waals surface area contributed by atoms with Crippen molar-refractivity contribution in [1.29, 1.82) is 0 Å². The summed E-state index contributed by atoms with van der Waals surface area (Å²) in [7, 11) is 0. The van der Waals surface area contributed by atoms with Gasteiger partial charge in [-0.2, -0.15) is 0 Å². The number of urea groups is 1. The SMILES string of the molecule is CC(=O)c1cccc(NC(=O)Nc2ccc(Br)cn2)c1. The van der Waals surface area contributed by atoms with Crippen LogP contribution in [0.4, 0.5) is 16.3 Å². The molecule has 2 N–H and O–H groups in total. The number of hydrogen-bond donors (Lipinski definition) is 2. The van der Waals surface area contributed by atoms with E-state index in [1.165, 1.54) is 6.92 Å². The monoisotopic (exact) mass is 333 g/mol. The van der Waals surface area contributed by atoms with Gasteiger partial charge in [-0.15, -0.1) is 0 Å². The molecule has 0 spiro atoms. The number of anilines is 2. The van der Waals surface area contributed by atoms with Crippen molar-refractivity contribution in [2.24, 2.45) is 0 Å². The van der Waals surface area contributed by atoms with E-state index >= 15 is 0 Å². The average molecular weight is 334 g/mol. The largest absolute Gasteiger partial charge is 0.324 e. The Morgan fingerprint density at radius 2 is 1.95 bits per heavy atom. The number of carbonyl (C=O) groups is 2. The molecular weight excluding hydrogens is 322 g/mol. The van der Waals surface area contributed by atoms with Crippen molar-refractivity contribution in [2.75, 3.05) is 10.6 Å². The van der Waals surface area contributed by atoms with Crippen molar-refractivity contribution in [3.05, 3.63) is 52.6 Å². The van der Waals surface area contributed by atoms with Gasteiger partial charge in [0.2, 0.25) is 0 Å². The lowest BCUT2D eigenvalue weighted by Gasteiger charge is -2.07. The topological polar surface area (TPSA) is 71.1 Å². The Hall–Kier alpha value is -2.21. The number of Topliss-reactive ketones (excluding diaryl/α,β-unsaturated/α-hetero) is 1. The summed E-state index contributed by atoms with van der Waals surface area (Å²) in [6.45, 7) is 1.48. The zero-order valence-electron chi connectivity index (χ0n) is 10.7. The average Bonchev–Trinajstić information content (AvgIpc) is 2.41. The van der Waals surface area contributed by atoms with Crippen LogP contribution in [-0.4, -0.2) is 16.8 Å². The number of halogens is 1. The molecular formula is C14H12BrN3O2. The summed E-state index contributed by atoms with van der Waals surface area (Å²) in [5, 5.41) is 5.25. The summed E-state index contributed by atoms with van der Waals surface area (Å²) >= 11 is 3.26. The zero-order chi connectivity index (χ0) is 14.5. The van der Waals surface area contributed by atoms with E-state index in [0.717, 1.165) is 4.47 Å². The van der Waals surface area contributed by atoms with Gasteiger partial charge in [-0.1, -0.05) is 12.1 Å². The van der Waals surface area contributed by atoms with Crippen molar-refractivity contribution in [2.45, 2.75) is 6.92 Å². The Morgan fingerprint density at radius 1 is 1.15 bits per heavy atom. The molecule has 2 aromatic rings. The van der Waals surface area contributed by atoms with Crippen molar-refractivity contribution in [1.82, 2.24) is 4.98 Å². The smallest absolute Gasteiger partial charge is 0.308 e. The summed E-state index contributed by atoms with van der Waals surface area (Å²) in [5.74, 6) is 0.386. The van der Waals surface area contributed by atoms with Crippen LogP contribution in [0, 0.1) is 0 Å². The van der Waals surface area contributed by atoms with Gasteiger partial charge >= 0.3 is 6.03 Å². The predicted molar refractivity (Wildman–Crippen MR) is 81.0 cm³/mol. The molecule has 2 amide bonds. The predicted octanol–water partition coefficient (Wildman–Crippen LogP) is 3.69. The molecule has 1 aromatic carbocycles. The summed E-state index contributed by atoms with van der Waals surface area (Å²) < 4.78 is 0.831. The third-order valence-corrected chi connectivity index (χ3v) is 2.97. The molecule has 0 aliphatic heterocycles. The van der Waals surface area contributed by atoms with Crippen molar-refractivity contribution in [3.8, 4) is 0 Å². The van der Waals surface area contributed by atoms with E-state index in [9.17, 15) is 9.59 Å². The number of hydrogen-bond acceptors (Lipinski definition) is 3. The van der Waals surface area contributed by atoms with E-state index in [1.807, 2.05) is 0 Å². The first-order valence-electron chi connectivity index (χ1n) is 5.85. The van der Waals surface area contributed by atoms with Crippen molar-refractivity contribution < 1.29 is 9.59 Å². The fraction of sp³-hybridized carbons (Fsp3) is 0.0714. The molecule has 0 saturated heterocycles. The molecule has 0 fully saturated rings. The molecule has 0 unspecified atom stereocenters. The van der Waals surface area contributed by atoms with Gasteiger partial charge in [-0.05, 0) is 47.1 Å². The van der Waals surface area contributed by atoms with E-state index in [4.69, 9.17) is 0 Å². The maximum absolute atomic E-state index is 11.8. The molecule has 5 nitrogen and oxygen atoms in total. The molecule has 0 bridgehead atoms. The molecule has 0 atom stereocenters. The van der Waals surface area contributed by atoms with Crippen LogP contribution in [0.15, 0.2) is 47.1 Å². The van der Waals surface area contributed by atoms with Gasteiger partial charge in [0, 0.05) is 21.9 Å². The molecule has 1 aromatic heterocycles. The normalized spacial score (nSPS) is 9.90. The Bertz CT molecular complexity index is 641. The highest BCUT2D eigenvalue weighted by molar-refractivity contribution is 9.10. The van der Waals surface area contributed by atoms with E-state index in [1.54, 1.807) is 42.6 Å². The molecule has 6 heteroatoms. The van der Waals surface area contributed by atoms with Crippen LogP contribution in [0.5, 0.6) is 0 Å². The molecule has 1 heterocycles. The number of nitrogens with zero attached hydrogens (tertiary/aromatic N) is 1. The minimum Gasteiger partial charge on any atom is -0.308 e. The van der Waals surface area contributed by atoms with Crippen molar-refractivity contribution in [3.63, 3.8) is 0 Å². The van der Waals surface area contributed by atoms with E-state index in [0.29, 0.717) is 17.1 Å². The second kappa shape index (κ2) is 6.29. The lowest BCUT2D eigenvalue weighted by Crippen LogP contribution is -2.20. The fourth-order valence-corrected chi connectivity index (χ4v) is 1.78. The number of rotatable bonds is 3. The van der Waals surface area contributed by atoms with Gasteiger partial charge in [0.15, 0.2) is 5.78 Å². The summed E-state index contributed by atoms with van der Waals surface area (Å²) in [6.07, 6.45) is 1.59. The lowest BCUT2D eigenvalue weighted by atomic mass is 10.1. The molecule has 0 aliphatic carbocycles. The van der Waals surface area contributed by atoms with Gasteiger partial charge in [-0.3, -0.25) is 10.1 Å². The first-order chi connectivity index (χ1) is 9.54. The molecule has 0 saturated carbocycles. The van der Waals surface area contributed by atoms with Crippen LogP contribution in [0.2, 0.25) is 0 Å². The molecule has 0 radical (unpaired) electrons. The highest BCUT2D eigenvalue weighted by Gasteiger charge is 2.05. The van der Waals surface area contributed by atoms with E-state index < -0.39 is 6.03 Å². The number of amides is 2. The summed E-state index contributed by atoms with van der Waals surface area (Å²) in [4.78, 5) is 27.1. The van der Waals surface area contributed by atoms with Gasteiger partial charge in [-0.25, -0.2) is 9.78 Å². The van der Waals surface area contributed by atoms with Crippen LogP contribution < -0.4 is 10.6 Å². The number of pyridine rings is 1. The number of carbonyl (C=O) groups excluding carboxylic acids is 2. The third kappa shape index (κ3) is 3.89. The fourth-order valence-electron chi connectivity index (χ4n) is 1.54. The number of benzene rings is 1. The van der Waals surface area contributed by atoms with Crippen molar-refractivity contribution >= 4 is 39.2 Å². The Balaban J connectivity index is 2.02. The molecule has 2 rings (SSSR count). The molecule has 20 heavy (non-hydrogen) atoms. The minimum absolute atomic E-state index is 0.0522. The highest BCUT2D eigenvalue weighted by Crippen LogP contribution is 2.13. The number of ketones is 1. The van der Waals surface area contributed by atoms with Crippen LogP contribution in [0.3, 0.4) is 0 Å². The molecule has 0 aliphatic rings. The Morgan fingerprint density at radius 3 is 2.60 bits per heavy atom. The molecule has 102 valence electrons. The van der Waals surface area contributed by atoms with Crippen LogP contribution >= 0.6 is 15.9 Å². The van der Waals surface area contributed by atoms with Crippen LogP contribution in [0.1, 0.15) is 17.3 Å². The Kier molecular flexibility index (Phi) is 4.47. The maximum atomic E-state index is 11.8. The second-order valence-corrected chi connectivity index (χ2v) is 4.99. The standard InChI is InChI=1S/C14H12BrN3O2/c1-9(19)10-3-2-4-12(7-10)17-14(20)18-13-6-5-11(15)8-16-13/h2-8H,1H3,(H2,16,17,18,20). The number of nitrogens with one attached hydrogen (secondary N) is 2. The van der Waals surface area contributed by atoms with E-state index in [-0.39, 0.29) is 5.78 Å². The zero-order valence-corrected chi connectivity index (χ0v) is 12.3. The highest BCUT2D eigenvalue weighted by atomic mass is 79.9. The van der Waals surface area contributed by atoms with Crippen LogP contribution in [0.25, 0.3) is 0 Å². The van der Waals surface area contributed by atoms with Gasteiger partial charge in [0.25, 0.3) is 0 Å². The van der Waals surface area contributed by atoms with E-state index in [2.05, 4.69) is 31.5 Å². The van der Waals surface area contributed by atoms with Crippen LogP contribution in [-0.2, 0) is 0 Å². The lowest BCUT2D eigenvalue weighted by molar-refractivity contribution is 0.101. The summed E-state index contributed by atoms with van der Waals surface area (Å²) in [5.41, 5.74) is 1.09. The Labute approximate surface area is 124 Å². The second-order valence-electron chi connectivity index (χ2n) is 4.08. The third-order valence-electron chi connectivity index (χ3n) is 2.50. The van der Waals surface area contributed by atoms with Gasteiger partial charge in [0.1, 0.15) is 5.82 Å². The summed E-state index contributed by atoms with van der Waals surface area (Å²) in [6, 6.07) is 9.78. The van der Waals surface area contributed by atoms with Gasteiger partial charge < -0.3 is 5.32 Å². The first-order valence-corrected chi connectivity index (χ1v) is 6.64. The van der Waals surface area contributed by atoms with Gasteiger partial charge in [0.05, 0.1) is 0 Å². The first kappa shape index (κ1) is 14.2. The quantitative estimate of drug-likeness (QED) is 0.841. The maximum Gasteiger partial charge on any atom is 0.324 e. The number of aromatic nitrogens is 1. The minimum atomic E-state index is -0.416.